The fraction of sp³-hybridized carbons (Fsp3) is 0.710. The normalized spacial score (nSPS) is 20.1. The number of hydrogen-bond donors (Lipinski definition) is 0. The van der Waals surface area contributed by atoms with E-state index in [0.29, 0.717) is 18.4 Å². The SMILES string of the molecule is CCCc1nc(Cn2ncc3c(N4CCN(C(=O)C5CCC(CN(CCOC)C(C)(C)C)CC5)CC4)ncnc32)cs1. The third-order valence-corrected chi connectivity index (χ3v) is 9.82. The number of fused-ring (bicyclic) bond motifs is 1. The molecule has 3 aromatic rings. The van der Waals surface area contributed by atoms with E-state index in [1.165, 1.54) is 5.01 Å². The van der Waals surface area contributed by atoms with Crippen LogP contribution in [-0.4, -0.2) is 99.0 Å². The predicted octanol–water partition coefficient (Wildman–Crippen LogP) is 4.49. The number of methoxy groups -OCH3 is 1. The van der Waals surface area contributed by atoms with Crippen LogP contribution >= 0.6 is 11.3 Å². The van der Waals surface area contributed by atoms with Gasteiger partial charge in [-0.05, 0) is 65.2 Å². The van der Waals surface area contributed by atoms with E-state index in [1.54, 1.807) is 24.8 Å². The molecular weight excluding hydrogens is 548 g/mol. The van der Waals surface area contributed by atoms with Crippen LogP contribution in [-0.2, 0) is 22.5 Å². The minimum atomic E-state index is 0.123. The number of piperazine rings is 1. The Hall–Kier alpha value is -2.63. The van der Waals surface area contributed by atoms with Gasteiger partial charge in [-0.15, -0.1) is 11.3 Å². The van der Waals surface area contributed by atoms with E-state index in [2.05, 4.69) is 62.8 Å². The van der Waals surface area contributed by atoms with Gasteiger partial charge in [-0.2, -0.15) is 5.10 Å². The molecular formula is C31H48N8O2S. The Balaban J connectivity index is 1.14. The minimum Gasteiger partial charge on any atom is -0.383 e. The van der Waals surface area contributed by atoms with Crippen LogP contribution in [0.1, 0.15) is 70.5 Å². The number of amides is 1. The van der Waals surface area contributed by atoms with E-state index < -0.39 is 0 Å². The lowest BCUT2D eigenvalue weighted by Crippen LogP contribution is -2.51. The fourth-order valence-corrected chi connectivity index (χ4v) is 7.25. The van der Waals surface area contributed by atoms with E-state index >= 15 is 0 Å². The number of ether oxygens (including phenoxy) is 1. The molecule has 1 saturated heterocycles. The summed E-state index contributed by atoms with van der Waals surface area (Å²) in [5.41, 5.74) is 1.97. The molecule has 2 fully saturated rings. The van der Waals surface area contributed by atoms with E-state index in [4.69, 9.17) is 9.72 Å². The molecule has 4 heterocycles. The monoisotopic (exact) mass is 596 g/mol. The van der Waals surface area contributed by atoms with Gasteiger partial charge in [0.25, 0.3) is 0 Å². The predicted molar refractivity (Wildman–Crippen MR) is 168 cm³/mol. The molecule has 1 amide bonds. The number of aromatic nitrogens is 5. The van der Waals surface area contributed by atoms with Crippen LogP contribution < -0.4 is 4.90 Å². The summed E-state index contributed by atoms with van der Waals surface area (Å²) in [4.78, 5) is 34.3. The zero-order valence-electron chi connectivity index (χ0n) is 26.1. The smallest absolute Gasteiger partial charge is 0.225 e. The molecule has 0 N–H and O–H groups in total. The molecule has 2 aliphatic rings. The van der Waals surface area contributed by atoms with Crippen LogP contribution in [0.15, 0.2) is 17.9 Å². The number of rotatable bonds is 11. The molecule has 42 heavy (non-hydrogen) atoms. The molecule has 0 bridgehead atoms. The van der Waals surface area contributed by atoms with Crippen molar-refractivity contribution in [2.75, 3.05) is 57.9 Å². The summed E-state index contributed by atoms with van der Waals surface area (Å²) >= 11 is 1.71. The zero-order valence-corrected chi connectivity index (χ0v) is 26.9. The molecule has 0 aromatic carbocycles. The molecule has 0 radical (unpaired) electrons. The lowest BCUT2D eigenvalue weighted by atomic mass is 9.80. The van der Waals surface area contributed by atoms with Gasteiger partial charge in [0.1, 0.15) is 12.1 Å². The zero-order chi connectivity index (χ0) is 29.7. The van der Waals surface area contributed by atoms with Crippen molar-refractivity contribution in [3.8, 4) is 0 Å². The van der Waals surface area contributed by atoms with Crippen LogP contribution in [0, 0.1) is 11.8 Å². The van der Waals surface area contributed by atoms with Crippen LogP contribution in [0.4, 0.5) is 5.82 Å². The third-order valence-electron chi connectivity index (χ3n) is 8.87. The number of aryl methyl sites for hydroxylation is 1. The van der Waals surface area contributed by atoms with E-state index in [9.17, 15) is 4.79 Å². The number of carbonyl (C=O) groups excluding carboxylic acids is 1. The van der Waals surface area contributed by atoms with Gasteiger partial charge < -0.3 is 14.5 Å². The Morgan fingerprint density at radius 3 is 2.57 bits per heavy atom. The van der Waals surface area contributed by atoms with Gasteiger partial charge in [0.2, 0.25) is 5.91 Å². The highest BCUT2D eigenvalue weighted by atomic mass is 32.1. The first-order valence-corrected chi connectivity index (χ1v) is 16.5. The van der Waals surface area contributed by atoms with Gasteiger partial charge >= 0.3 is 0 Å². The van der Waals surface area contributed by atoms with E-state index in [-0.39, 0.29) is 11.5 Å². The average molecular weight is 597 g/mol. The molecule has 1 aliphatic heterocycles. The van der Waals surface area contributed by atoms with Crippen LogP contribution in [0.2, 0.25) is 0 Å². The largest absolute Gasteiger partial charge is 0.383 e. The second kappa shape index (κ2) is 13.8. The summed E-state index contributed by atoms with van der Waals surface area (Å²) in [6, 6.07) is 0. The standard InChI is InChI=1S/C31H48N8O2S/c1-6-7-27-35-25(21-42-27)20-39-29-26(18-34-39)28(32-22-33-29)36-12-14-37(15-13-36)30(40)24-10-8-23(9-11-24)19-38(16-17-41-5)31(2,3)4/h18,21-24H,6-17,19-20H2,1-5H3. The van der Waals surface area contributed by atoms with Crippen molar-refractivity contribution < 1.29 is 9.53 Å². The maximum atomic E-state index is 13.5. The van der Waals surface area contributed by atoms with Crippen molar-refractivity contribution in [2.24, 2.45) is 11.8 Å². The fourth-order valence-electron chi connectivity index (χ4n) is 6.35. The van der Waals surface area contributed by atoms with E-state index in [0.717, 1.165) is 107 Å². The van der Waals surface area contributed by atoms with Gasteiger partial charge in [-0.25, -0.2) is 19.6 Å². The summed E-state index contributed by atoms with van der Waals surface area (Å²) in [5, 5.41) is 8.88. The van der Waals surface area contributed by atoms with Crippen molar-refractivity contribution >= 4 is 34.1 Å². The maximum absolute atomic E-state index is 13.5. The number of anilines is 1. The second-order valence-corrected chi connectivity index (χ2v) is 13.8. The molecule has 230 valence electrons. The van der Waals surface area contributed by atoms with E-state index in [1.807, 2.05) is 10.9 Å². The number of hydrogen-bond acceptors (Lipinski definition) is 9. The van der Waals surface area contributed by atoms with Crippen molar-refractivity contribution in [3.05, 3.63) is 28.6 Å². The first-order valence-electron chi connectivity index (χ1n) is 15.6. The second-order valence-electron chi connectivity index (χ2n) is 12.9. The van der Waals surface area contributed by atoms with Crippen molar-refractivity contribution in [3.63, 3.8) is 0 Å². The van der Waals surface area contributed by atoms with Gasteiger partial charge in [-0.3, -0.25) is 9.69 Å². The van der Waals surface area contributed by atoms with Crippen molar-refractivity contribution in [1.82, 2.24) is 34.5 Å². The average Bonchev–Trinajstić information content (AvgIpc) is 3.62. The van der Waals surface area contributed by atoms with Gasteiger partial charge in [-0.1, -0.05) is 6.92 Å². The van der Waals surface area contributed by atoms with Gasteiger partial charge in [0.15, 0.2) is 5.65 Å². The van der Waals surface area contributed by atoms with Crippen LogP contribution in [0.25, 0.3) is 11.0 Å². The summed E-state index contributed by atoms with van der Waals surface area (Å²) in [7, 11) is 1.77. The highest BCUT2D eigenvalue weighted by molar-refractivity contribution is 7.09. The highest BCUT2D eigenvalue weighted by Crippen LogP contribution is 2.33. The summed E-state index contributed by atoms with van der Waals surface area (Å²) in [6.07, 6.45) is 9.85. The topological polar surface area (TPSA) is 92.5 Å². The van der Waals surface area contributed by atoms with Gasteiger partial charge in [0, 0.05) is 63.2 Å². The summed E-state index contributed by atoms with van der Waals surface area (Å²) in [6.45, 7) is 15.4. The molecule has 1 saturated carbocycles. The molecule has 1 aliphatic carbocycles. The number of carbonyl (C=O) groups is 1. The van der Waals surface area contributed by atoms with Gasteiger partial charge in [0.05, 0.1) is 35.4 Å². The van der Waals surface area contributed by atoms with Crippen LogP contribution in [0.5, 0.6) is 0 Å². The molecule has 0 spiro atoms. The first-order chi connectivity index (χ1) is 20.3. The molecule has 3 aromatic heterocycles. The van der Waals surface area contributed by atoms with Crippen LogP contribution in [0.3, 0.4) is 0 Å². The summed E-state index contributed by atoms with van der Waals surface area (Å²) < 4.78 is 7.27. The Bertz CT molecular complexity index is 1300. The Morgan fingerprint density at radius 2 is 1.88 bits per heavy atom. The van der Waals surface area contributed by atoms with Crippen molar-refractivity contribution in [2.45, 2.75) is 78.3 Å². The number of thiazole rings is 1. The lowest BCUT2D eigenvalue weighted by molar-refractivity contribution is -0.137. The first kappa shape index (κ1) is 30.8. The quantitative estimate of drug-likeness (QED) is 0.320. The lowest BCUT2D eigenvalue weighted by Gasteiger charge is -2.41. The number of nitrogens with zero attached hydrogens (tertiary/aromatic N) is 8. The third kappa shape index (κ3) is 7.29. The highest BCUT2D eigenvalue weighted by Gasteiger charge is 2.33. The maximum Gasteiger partial charge on any atom is 0.225 e. The van der Waals surface area contributed by atoms with Crippen molar-refractivity contribution in [1.29, 1.82) is 0 Å². The Kier molecular flexibility index (Phi) is 10.1. The molecule has 10 nitrogen and oxygen atoms in total. The molecule has 11 heteroatoms. The Labute approximate surface area is 254 Å². The molecule has 5 rings (SSSR count). The minimum absolute atomic E-state index is 0.123. The molecule has 0 atom stereocenters. The summed E-state index contributed by atoms with van der Waals surface area (Å²) in [5.74, 6) is 2.05. The molecule has 0 unspecified atom stereocenters. The Morgan fingerprint density at radius 1 is 1.12 bits per heavy atom.